The number of aromatic hydroxyl groups is 1. The molecule has 0 unspecified atom stereocenters. The van der Waals surface area contributed by atoms with Crippen molar-refractivity contribution >= 4 is 11.0 Å². The van der Waals surface area contributed by atoms with Gasteiger partial charge in [-0.25, -0.2) is 9.59 Å². The Morgan fingerprint density at radius 1 is 1.16 bits per heavy atom. The molecule has 0 saturated heterocycles. The van der Waals surface area contributed by atoms with Crippen LogP contribution in [0.5, 0.6) is 11.6 Å². The van der Waals surface area contributed by atoms with E-state index in [1.807, 2.05) is 6.92 Å². The Bertz CT molecular complexity index is 1210. The van der Waals surface area contributed by atoms with Crippen LogP contribution < -0.4 is 16.1 Å². The van der Waals surface area contributed by atoms with Crippen LogP contribution in [0.15, 0.2) is 38.4 Å². The van der Waals surface area contributed by atoms with E-state index in [4.69, 9.17) is 9.15 Å². The summed E-state index contributed by atoms with van der Waals surface area (Å²) < 4.78 is 53.7. The number of ether oxygens (including phenoxy) is 1. The molecule has 1 aromatic carbocycles. The summed E-state index contributed by atoms with van der Waals surface area (Å²) in [5.74, 6) is 0.256. The number of fused-ring (bicyclic) bond motifs is 1. The molecule has 2 heterocycles. The van der Waals surface area contributed by atoms with E-state index < -0.39 is 17.4 Å². The van der Waals surface area contributed by atoms with Gasteiger partial charge in [-0.2, -0.15) is 13.2 Å². The first-order valence-electron chi connectivity index (χ1n) is 10.5. The van der Waals surface area contributed by atoms with Crippen LogP contribution in [-0.4, -0.2) is 20.8 Å². The predicted molar refractivity (Wildman–Crippen MR) is 112 cm³/mol. The number of imidazole rings is 1. The molecule has 3 aromatic rings. The highest BCUT2D eigenvalue weighted by Gasteiger charge is 2.34. The number of rotatable bonds is 9. The fraction of sp³-hybridized carbons (Fsp3) is 0.455. The highest BCUT2D eigenvalue weighted by atomic mass is 19.4. The van der Waals surface area contributed by atoms with Crippen molar-refractivity contribution in [2.75, 3.05) is 6.61 Å². The molecule has 0 aliphatic carbocycles. The second-order valence-electron chi connectivity index (χ2n) is 7.41. The molecule has 0 fully saturated rings. The van der Waals surface area contributed by atoms with Gasteiger partial charge in [-0.1, -0.05) is 13.3 Å². The lowest BCUT2D eigenvalue weighted by Gasteiger charge is -2.15. The Morgan fingerprint density at radius 2 is 1.91 bits per heavy atom. The zero-order valence-electron chi connectivity index (χ0n) is 17.9. The Labute approximate surface area is 181 Å². The molecule has 32 heavy (non-hydrogen) atoms. The van der Waals surface area contributed by atoms with E-state index in [2.05, 4.69) is 0 Å². The Morgan fingerprint density at radius 3 is 2.53 bits per heavy atom. The van der Waals surface area contributed by atoms with Crippen LogP contribution in [0.2, 0.25) is 0 Å². The third-order valence-electron chi connectivity index (χ3n) is 5.18. The number of unbranched alkanes of at least 4 members (excludes halogenated alkanes) is 1. The smallest absolute Gasteiger partial charge is 0.417 e. The first kappa shape index (κ1) is 23.5. The molecular formula is C22H25F3N2O5. The number of nitrogens with zero attached hydrogens (tertiary/aromatic N) is 2. The summed E-state index contributed by atoms with van der Waals surface area (Å²) in [7, 11) is 0. The molecule has 0 atom stereocenters. The van der Waals surface area contributed by atoms with E-state index in [-0.39, 0.29) is 29.1 Å². The van der Waals surface area contributed by atoms with E-state index in [0.29, 0.717) is 56.2 Å². The summed E-state index contributed by atoms with van der Waals surface area (Å²) in [5.41, 5.74) is -2.08. The van der Waals surface area contributed by atoms with Gasteiger partial charge >= 0.3 is 17.5 Å². The molecular weight excluding hydrogens is 429 g/mol. The molecule has 0 aliphatic heterocycles. The van der Waals surface area contributed by atoms with E-state index >= 15 is 0 Å². The molecule has 0 spiro atoms. The Kier molecular flexibility index (Phi) is 7.00. The van der Waals surface area contributed by atoms with Crippen LogP contribution in [0, 0.1) is 0 Å². The van der Waals surface area contributed by atoms with Gasteiger partial charge in [-0.05, 0) is 38.3 Å². The molecule has 0 amide bonds. The van der Waals surface area contributed by atoms with Crippen molar-refractivity contribution < 1.29 is 27.4 Å². The van der Waals surface area contributed by atoms with Crippen molar-refractivity contribution in [2.24, 2.45) is 0 Å². The predicted octanol–water partition coefficient (Wildman–Crippen LogP) is 4.31. The first-order valence-corrected chi connectivity index (χ1v) is 10.5. The number of hydrogen-bond donors (Lipinski definition) is 1. The minimum absolute atomic E-state index is 0.104. The molecule has 3 rings (SSSR count). The summed E-state index contributed by atoms with van der Waals surface area (Å²) >= 11 is 0. The maximum atomic E-state index is 13.4. The molecule has 2 aromatic heterocycles. The molecule has 10 heteroatoms. The third kappa shape index (κ3) is 4.84. The van der Waals surface area contributed by atoms with E-state index in [1.54, 1.807) is 6.92 Å². The van der Waals surface area contributed by atoms with E-state index in [1.165, 1.54) is 27.5 Å². The molecule has 0 saturated carbocycles. The van der Waals surface area contributed by atoms with Crippen LogP contribution in [0.25, 0.3) is 11.0 Å². The number of hydrogen-bond acceptors (Lipinski definition) is 5. The number of alkyl halides is 3. The molecule has 174 valence electrons. The van der Waals surface area contributed by atoms with Crippen molar-refractivity contribution in [3.05, 3.63) is 56.4 Å². The van der Waals surface area contributed by atoms with Crippen molar-refractivity contribution in [3.8, 4) is 11.6 Å². The first-order chi connectivity index (χ1) is 15.2. The summed E-state index contributed by atoms with van der Waals surface area (Å²) in [4.78, 5) is 23.9. The quantitative estimate of drug-likeness (QED) is 0.385. The molecule has 0 bridgehead atoms. The van der Waals surface area contributed by atoms with Crippen LogP contribution in [-0.2, 0) is 25.7 Å². The van der Waals surface area contributed by atoms with Gasteiger partial charge in [0.2, 0.25) is 5.88 Å². The number of benzene rings is 1. The summed E-state index contributed by atoms with van der Waals surface area (Å²) in [5, 5.41) is 9.69. The zero-order chi connectivity index (χ0) is 23.5. The molecule has 0 aliphatic rings. The molecule has 0 radical (unpaired) electrons. The van der Waals surface area contributed by atoms with Crippen molar-refractivity contribution in [1.29, 1.82) is 0 Å². The second kappa shape index (κ2) is 9.54. The van der Waals surface area contributed by atoms with Crippen molar-refractivity contribution in [2.45, 2.75) is 58.8 Å². The summed E-state index contributed by atoms with van der Waals surface area (Å²) in [6.07, 6.45) is -1.21. The minimum atomic E-state index is -4.68. The Hall–Kier alpha value is -3.17. The van der Waals surface area contributed by atoms with Gasteiger partial charge in [-0.15, -0.1) is 0 Å². The summed E-state index contributed by atoms with van der Waals surface area (Å²) in [6.45, 7) is 4.67. The largest absolute Gasteiger partial charge is 0.493 e. The maximum absolute atomic E-state index is 13.4. The standard InChI is InChI=1S/C22H25F3N2O5/c1-3-7-15-17(9-8-14-16(22(23,24)25)12-19(29)32-20(14)15)31-11-6-5-10-27-18(28)13-26(4-2)21(27)30/h8-9,12-13,28H,3-7,10-11H2,1-2H3. The van der Waals surface area contributed by atoms with Crippen molar-refractivity contribution in [1.82, 2.24) is 9.13 Å². The molecule has 1 N–H and O–H groups in total. The van der Waals surface area contributed by atoms with Gasteiger partial charge < -0.3 is 14.3 Å². The van der Waals surface area contributed by atoms with Gasteiger partial charge in [0.15, 0.2) is 0 Å². The van der Waals surface area contributed by atoms with Crippen LogP contribution in [0.3, 0.4) is 0 Å². The van der Waals surface area contributed by atoms with Gasteiger partial charge in [-0.3, -0.25) is 9.13 Å². The van der Waals surface area contributed by atoms with Gasteiger partial charge in [0, 0.05) is 30.1 Å². The van der Waals surface area contributed by atoms with Gasteiger partial charge in [0.05, 0.1) is 18.4 Å². The lowest BCUT2D eigenvalue weighted by atomic mass is 10.0. The maximum Gasteiger partial charge on any atom is 0.417 e. The average Bonchev–Trinajstić information content (AvgIpc) is 3.01. The highest BCUT2D eigenvalue weighted by molar-refractivity contribution is 5.85. The fourth-order valence-electron chi connectivity index (χ4n) is 3.63. The number of aryl methyl sites for hydroxylation is 2. The van der Waals surface area contributed by atoms with E-state index in [9.17, 15) is 27.9 Å². The third-order valence-corrected chi connectivity index (χ3v) is 5.18. The number of aromatic nitrogens is 2. The summed E-state index contributed by atoms with van der Waals surface area (Å²) in [6, 6.07) is 3.17. The second-order valence-corrected chi connectivity index (χ2v) is 7.41. The topological polar surface area (TPSA) is 86.6 Å². The minimum Gasteiger partial charge on any atom is -0.493 e. The van der Waals surface area contributed by atoms with Crippen LogP contribution in [0.4, 0.5) is 13.2 Å². The SMILES string of the molecule is CCCc1c(OCCCCn2c(O)cn(CC)c2=O)ccc2c(C(F)(F)F)cc(=O)oc12. The lowest BCUT2D eigenvalue weighted by Crippen LogP contribution is -2.23. The monoisotopic (exact) mass is 454 g/mol. The zero-order valence-corrected chi connectivity index (χ0v) is 17.9. The van der Waals surface area contributed by atoms with Crippen LogP contribution >= 0.6 is 0 Å². The Balaban J connectivity index is 1.76. The van der Waals surface area contributed by atoms with Crippen LogP contribution in [0.1, 0.15) is 44.2 Å². The average molecular weight is 454 g/mol. The van der Waals surface area contributed by atoms with Gasteiger partial charge in [0.1, 0.15) is 11.3 Å². The normalized spacial score (nSPS) is 11.9. The number of halogens is 3. The fourth-order valence-corrected chi connectivity index (χ4v) is 3.63. The van der Waals surface area contributed by atoms with E-state index in [0.717, 1.165) is 0 Å². The van der Waals surface area contributed by atoms with Gasteiger partial charge in [0.25, 0.3) is 0 Å². The lowest BCUT2D eigenvalue weighted by molar-refractivity contribution is -0.136. The molecule has 7 nitrogen and oxygen atoms in total. The van der Waals surface area contributed by atoms with Crippen molar-refractivity contribution in [3.63, 3.8) is 0 Å². The highest BCUT2D eigenvalue weighted by Crippen LogP contribution is 2.37.